The summed E-state index contributed by atoms with van der Waals surface area (Å²) in [5.74, 6) is 3.19. The minimum absolute atomic E-state index is 0.00891. The molecule has 0 aromatic carbocycles. The van der Waals surface area contributed by atoms with Crippen molar-refractivity contribution in [3.05, 3.63) is 29.6 Å². The maximum atomic E-state index is 12.0. The van der Waals surface area contributed by atoms with Crippen molar-refractivity contribution in [1.82, 2.24) is 19.5 Å². The highest BCUT2D eigenvalue weighted by molar-refractivity contribution is 7.85. The lowest BCUT2D eigenvalue weighted by Crippen LogP contribution is -2.36. The number of nitrogens with zero attached hydrogens (tertiary/aromatic N) is 5. The van der Waals surface area contributed by atoms with Crippen LogP contribution in [0.4, 0.5) is 11.6 Å². The zero-order valence-electron chi connectivity index (χ0n) is 20.9. The Morgan fingerprint density at radius 1 is 1.14 bits per heavy atom. The number of carbonyl (C=O) groups is 1. The third kappa shape index (κ3) is 5.55. The van der Waals surface area contributed by atoms with Gasteiger partial charge < -0.3 is 19.5 Å². The molecular weight excluding hydrogens is 484 g/mol. The van der Waals surface area contributed by atoms with E-state index in [1.165, 1.54) is 6.33 Å². The van der Waals surface area contributed by atoms with Crippen LogP contribution in [0.3, 0.4) is 0 Å². The molecule has 12 heteroatoms. The number of nitrogens with one attached hydrogen (secondary N) is 1. The molecule has 2 saturated heterocycles. The second kappa shape index (κ2) is 10.4. The van der Waals surface area contributed by atoms with Crippen LogP contribution in [0, 0.1) is 0 Å². The number of rotatable bonds is 7. The summed E-state index contributed by atoms with van der Waals surface area (Å²) in [5.41, 5.74) is 2.07. The van der Waals surface area contributed by atoms with Crippen molar-refractivity contribution >= 4 is 27.7 Å². The van der Waals surface area contributed by atoms with Gasteiger partial charge in [-0.25, -0.2) is 15.0 Å². The Morgan fingerprint density at radius 3 is 2.61 bits per heavy atom. The number of hydrogen-bond acceptors (Lipinski definition) is 9. The molecule has 3 aliphatic rings. The Morgan fingerprint density at radius 2 is 1.89 bits per heavy atom. The van der Waals surface area contributed by atoms with E-state index in [2.05, 4.69) is 30.9 Å². The van der Waals surface area contributed by atoms with E-state index >= 15 is 0 Å². The van der Waals surface area contributed by atoms with E-state index in [4.69, 9.17) is 13.9 Å². The summed E-state index contributed by atoms with van der Waals surface area (Å²) in [5, 5.41) is 2.88. The van der Waals surface area contributed by atoms with Gasteiger partial charge in [0.2, 0.25) is 5.91 Å². The first-order valence-corrected chi connectivity index (χ1v) is 14.5. The van der Waals surface area contributed by atoms with Crippen molar-refractivity contribution in [2.75, 3.05) is 49.4 Å². The molecule has 0 spiro atoms. The van der Waals surface area contributed by atoms with E-state index in [1.54, 1.807) is 0 Å². The molecule has 1 amide bonds. The van der Waals surface area contributed by atoms with Gasteiger partial charge in [-0.1, -0.05) is 6.92 Å². The molecule has 196 valence electrons. The molecule has 36 heavy (non-hydrogen) atoms. The standard InChI is InChI=1S/C24H34N6O5S/c1-16-13-20(31)28-22-21(16)24(26-15-25-22)29-7-3-18(4-8-29)23-27-19(17-5-10-34-11-6-17)14-30(23)9-12-35-36(2,32)33/h14-18H,3-13H2,1-2H3,(H,25,26,28,31). The largest absolute Gasteiger partial charge is 0.381 e. The Labute approximate surface area is 211 Å². The van der Waals surface area contributed by atoms with Crippen LogP contribution in [0.25, 0.3) is 0 Å². The number of piperidine rings is 1. The molecule has 5 heterocycles. The number of carbonyl (C=O) groups excluding carboxylic acids is 1. The number of hydrogen-bond donors (Lipinski definition) is 1. The fourth-order valence-electron chi connectivity index (χ4n) is 5.54. The molecule has 2 aromatic heterocycles. The molecule has 0 radical (unpaired) electrons. The van der Waals surface area contributed by atoms with Crippen LogP contribution in [0.2, 0.25) is 0 Å². The van der Waals surface area contributed by atoms with E-state index in [0.29, 0.717) is 24.7 Å². The number of anilines is 2. The highest BCUT2D eigenvalue weighted by atomic mass is 32.2. The fraction of sp³-hybridized carbons (Fsp3) is 0.667. The predicted octanol–water partition coefficient (Wildman–Crippen LogP) is 2.37. The molecule has 2 aromatic rings. The molecule has 11 nitrogen and oxygen atoms in total. The Bertz CT molecular complexity index is 1200. The average molecular weight is 519 g/mol. The first-order valence-electron chi connectivity index (χ1n) is 12.7. The van der Waals surface area contributed by atoms with Crippen LogP contribution < -0.4 is 10.2 Å². The molecule has 5 rings (SSSR count). The molecular formula is C24H34N6O5S. The Hall–Kier alpha value is -2.57. The predicted molar refractivity (Wildman–Crippen MR) is 134 cm³/mol. The number of imidazole rings is 1. The van der Waals surface area contributed by atoms with Crippen molar-refractivity contribution in [1.29, 1.82) is 0 Å². The van der Waals surface area contributed by atoms with E-state index < -0.39 is 10.1 Å². The smallest absolute Gasteiger partial charge is 0.264 e. The van der Waals surface area contributed by atoms with E-state index in [-0.39, 0.29) is 24.3 Å². The molecule has 0 saturated carbocycles. The minimum atomic E-state index is -3.49. The van der Waals surface area contributed by atoms with E-state index in [9.17, 15) is 13.2 Å². The van der Waals surface area contributed by atoms with Gasteiger partial charge >= 0.3 is 0 Å². The molecule has 3 aliphatic heterocycles. The topological polar surface area (TPSA) is 129 Å². The second-order valence-corrected chi connectivity index (χ2v) is 11.6. The van der Waals surface area contributed by atoms with Crippen LogP contribution in [-0.4, -0.2) is 73.0 Å². The number of ether oxygens (including phenoxy) is 1. The maximum absolute atomic E-state index is 12.0. The summed E-state index contributed by atoms with van der Waals surface area (Å²) in [4.78, 5) is 28.2. The minimum Gasteiger partial charge on any atom is -0.381 e. The van der Waals surface area contributed by atoms with E-state index in [0.717, 1.165) is 81.1 Å². The van der Waals surface area contributed by atoms with Gasteiger partial charge in [0, 0.05) is 62.9 Å². The van der Waals surface area contributed by atoms with Crippen molar-refractivity contribution in [2.45, 2.75) is 63.3 Å². The van der Waals surface area contributed by atoms with Crippen molar-refractivity contribution in [3.8, 4) is 0 Å². The summed E-state index contributed by atoms with van der Waals surface area (Å²) in [6.45, 7) is 5.68. The number of aromatic nitrogens is 4. The highest BCUT2D eigenvalue weighted by Gasteiger charge is 2.32. The molecule has 0 bridgehead atoms. The molecule has 1 atom stereocenters. The van der Waals surface area contributed by atoms with Gasteiger partial charge in [0.05, 0.1) is 18.6 Å². The van der Waals surface area contributed by atoms with Gasteiger partial charge in [0.25, 0.3) is 10.1 Å². The summed E-state index contributed by atoms with van der Waals surface area (Å²) in [7, 11) is -3.49. The summed E-state index contributed by atoms with van der Waals surface area (Å²) >= 11 is 0. The monoisotopic (exact) mass is 518 g/mol. The van der Waals surface area contributed by atoms with Crippen molar-refractivity contribution < 1.29 is 22.1 Å². The van der Waals surface area contributed by atoms with Crippen molar-refractivity contribution in [2.24, 2.45) is 0 Å². The van der Waals surface area contributed by atoms with Gasteiger partial charge in [-0.2, -0.15) is 8.42 Å². The summed E-state index contributed by atoms with van der Waals surface area (Å²) < 4.78 is 35.6. The first-order chi connectivity index (χ1) is 17.3. The molecule has 1 N–H and O–H groups in total. The van der Waals surface area contributed by atoms with Gasteiger partial charge in [0.1, 0.15) is 23.8 Å². The zero-order valence-corrected chi connectivity index (χ0v) is 21.7. The summed E-state index contributed by atoms with van der Waals surface area (Å²) in [6.07, 6.45) is 8.80. The lowest BCUT2D eigenvalue weighted by atomic mass is 9.92. The average Bonchev–Trinajstić information content (AvgIpc) is 3.27. The number of fused-ring (bicyclic) bond motifs is 1. The normalized spacial score (nSPS) is 21.9. The van der Waals surface area contributed by atoms with Crippen LogP contribution in [0.5, 0.6) is 0 Å². The van der Waals surface area contributed by atoms with Crippen LogP contribution in [0.1, 0.15) is 73.9 Å². The first kappa shape index (κ1) is 25.1. The molecule has 2 fully saturated rings. The Balaban J connectivity index is 1.33. The van der Waals surface area contributed by atoms with Crippen LogP contribution >= 0.6 is 0 Å². The molecule has 0 aliphatic carbocycles. The SMILES string of the molecule is CC1CC(=O)Nc2ncnc(N3CCC(c4nc(C5CCOCC5)cn4CCOS(C)(=O)=O)CC3)c21. The third-order valence-electron chi connectivity index (χ3n) is 7.36. The second-order valence-electron chi connectivity index (χ2n) is 10.0. The summed E-state index contributed by atoms with van der Waals surface area (Å²) in [6, 6.07) is 0. The van der Waals surface area contributed by atoms with E-state index in [1.807, 2.05) is 6.92 Å². The third-order valence-corrected chi connectivity index (χ3v) is 7.95. The zero-order chi connectivity index (χ0) is 25.3. The lowest BCUT2D eigenvalue weighted by Gasteiger charge is -2.35. The fourth-order valence-corrected chi connectivity index (χ4v) is 5.91. The quantitative estimate of drug-likeness (QED) is 0.549. The molecule has 1 unspecified atom stereocenters. The van der Waals surface area contributed by atoms with Gasteiger partial charge in [0.15, 0.2) is 0 Å². The van der Waals surface area contributed by atoms with Gasteiger partial charge in [-0.15, -0.1) is 0 Å². The Kier molecular flexibility index (Phi) is 7.27. The van der Waals surface area contributed by atoms with Crippen molar-refractivity contribution in [3.63, 3.8) is 0 Å². The van der Waals surface area contributed by atoms with Crippen LogP contribution in [-0.2, 0) is 30.4 Å². The lowest BCUT2D eigenvalue weighted by molar-refractivity contribution is -0.116. The van der Waals surface area contributed by atoms with Crippen LogP contribution in [0.15, 0.2) is 12.5 Å². The van der Waals surface area contributed by atoms with Gasteiger partial charge in [-0.05, 0) is 31.6 Å². The maximum Gasteiger partial charge on any atom is 0.264 e. The van der Waals surface area contributed by atoms with Gasteiger partial charge in [-0.3, -0.25) is 8.98 Å². The highest BCUT2D eigenvalue weighted by Crippen LogP contribution is 2.39. The number of amides is 1.